The molecule has 9 N–H and O–H groups in total. The minimum atomic E-state index is -1.28. The van der Waals surface area contributed by atoms with E-state index in [0.717, 1.165) is 0 Å². The molecular formula is C20H35N5O8S. The third kappa shape index (κ3) is 12.4. The van der Waals surface area contributed by atoms with Crippen molar-refractivity contribution in [3.05, 3.63) is 0 Å². The molecule has 0 spiro atoms. The van der Waals surface area contributed by atoms with Crippen LogP contribution in [0.5, 0.6) is 0 Å². The number of hydrogen-bond donors (Lipinski definition) is 7. The van der Waals surface area contributed by atoms with Crippen molar-refractivity contribution in [3.8, 4) is 0 Å². The van der Waals surface area contributed by atoms with Gasteiger partial charge in [-0.2, -0.15) is 11.8 Å². The summed E-state index contributed by atoms with van der Waals surface area (Å²) in [6.07, 6.45) is 1.08. The van der Waals surface area contributed by atoms with E-state index in [1.54, 1.807) is 20.1 Å². The predicted molar refractivity (Wildman–Crippen MR) is 125 cm³/mol. The Morgan fingerprint density at radius 2 is 1.35 bits per heavy atom. The summed E-state index contributed by atoms with van der Waals surface area (Å²) >= 11 is 1.41. The Bertz CT molecular complexity index is 748. The first-order chi connectivity index (χ1) is 15.8. The van der Waals surface area contributed by atoms with Crippen LogP contribution in [0.3, 0.4) is 0 Å². The first-order valence-electron chi connectivity index (χ1n) is 10.7. The zero-order valence-electron chi connectivity index (χ0n) is 19.5. The van der Waals surface area contributed by atoms with Crippen molar-refractivity contribution < 1.29 is 39.0 Å². The summed E-state index contributed by atoms with van der Waals surface area (Å²) < 4.78 is 0. The van der Waals surface area contributed by atoms with E-state index in [-0.39, 0.29) is 32.1 Å². The van der Waals surface area contributed by atoms with Crippen LogP contribution in [-0.4, -0.2) is 82.0 Å². The Morgan fingerprint density at radius 3 is 1.82 bits per heavy atom. The van der Waals surface area contributed by atoms with Gasteiger partial charge >= 0.3 is 11.9 Å². The van der Waals surface area contributed by atoms with Crippen LogP contribution < -0.4 is 27.4 Å². The second-order valence-corrected chi connectivity index (χ2v) is 9.00. The van der Waals surface area contributed by atoms with Gasteiger partial charge in [0.1, 0.15) is 18.1 Å². The fourth-order valence-corrected chi connectivity index (χ4v) is 3.26. The summed E-state index contributed by atoms with van der Waals surface area (Å²) in [7, 11) is 0. The summed E-state index contributed by atoms with van der Waals surface area (Å²) in [5.74, 6) is -5.37. The third-order valence-electron chi connectivity index (χ3n) is 4.79. The van der Waals surface area contributed by atoms with Crippen molar-refractivity contribution in [2.45, 2.75) is 70.1 Å². The standard InChI is InChI=1S/C20H35N5O8S/c1-10(2)16(20(32)33)25-19(31)12(5-6-14(22)26)24-18(30)13(8-9-34-3)23-17(29)11(21)4-7-15(27)28/h10-13,16H,4-9,21H2,1-3H3,(H2,22,26)(H,23,29)(H,24,30)(H,25,31)(H,27,28)(H,32,33). The van der Waals surface area contributed by atoms with E-state index in [1.807, 2.05) is 0 Å². The molecule has 0 rings (SSSR count). The number of primary amides is 1. The van der Waals surface area contributed by atoms with Crippen molar-refractivity contribution in [1.29, 1.82) is 0 Å². The molecule has 0 heterocycles. The lowest BCUT2D eigenvalue weighted by atomic mass is 10.0. The van der Waals surface area contributed by atoms with Gasteiger partial charge in [0.05, 0.1) is 6.04 Å². The molecule has 0 radical (unpaired) electrons. The van der Waals surface area contributed by atoms with E-state index in [1.165, 1.54) is 11.8 Å². The third-order valence-corrected chi connectivity index (χ3v) is 5.44. The lowest BCUT2D eigenvalue weighted by molar-refractivity contribution is -0.143. The summed E-state index contributed by atoms with van der Waals surface area (Å²) in [5, 5.41) is 25.3. The molecule has 0 aliphatic rings. The monoisotopic (exact) mass is 505 g/mol. The summed E-state index contributed by atoms with van der Waals surface area (Å²) in [6, 6.07) is -4.76. The summed E-state index contributed by atoms with van der Waals surface area (Å²) in [5.41, 5.74) is 10.9. The van der Waals surface area contributed by atoms with Crippen LogP contribution in [0.4, 0.5) is 0 Å². The van der Waals surface area contributed by atoms with Crippen LogP contribution in [-0.2, 0) is 28.8 Å². The van der Waals surface area contributed by atoms with Gasteiger partial charge in [0.2, 0.25) is 23.6 Å². The van der Waals surface area contributed by atoms with E-state index >= 15 is 0 Å². The zero-order chi connectivity index (χ0) is 26.4. The Balaban J connectivity index is 5.49. The average molecular weight is 506 g/mol. The van der Waals surface area contributed by atoms with Gasteiger partial charge in [0.25, 0.3) is 0 Å². The Morgan fingerprint density at radius 1 is 0.824 bits per heavy atom. The van der Waals surface area contributed by atoms with Crippen molar-refractivity contribution in [1.82, 2.24) is 16.0 Å². The molecule has 0 aliphatic carbocycles. The maximum atomic E-state index is 12.9. The number of carboxylic acids is 2. The second-order valence-electron chi connectivity index (χ2n) is 8.02. The van der Waals surface area contributed by atoms with Gasteiger partial charge in [-0.05, 0) is 37.2 Å². The van der Waals surface area contributed by atoms with Crippen molar-refractivity contribution in [2.75, 3.05) is 12.0 Å². The number of rotatable bonds is 17. The highest BCUT2D eigenvalue weighted by Gasteiger charge is 2.31. The number of carbonyl (C=O) groups is 6. The van der Waals surface area contributed by atoms with Gasteiger partial charge < -0.3 is 37.6 Å². The first-order valence-corrected chi connectivity index (χ1v) is 12.1. The van der Waals surface area contributed by atoms with Gasteiger partial charge in [-0.25, -0.2) is 4.79 Å². The topological polar surface area (TPSA) is 231 Å². The molecule has 4 atom stereocenters. The second kappa shape index (κ2) is 15.9. The Labute approximate surface area is 202 Å². The smallest absolute Gasteiger partial charge is 0.326 e. The van der Waals surface area contributed by atoms with Crippen LogP contribution in [0.1, 0.15) is 46.0 Å². The number of nitrogens with one attached hydrogen (secondary N) is 3. The number of hydrogen-bond acceptors (Lipinski definition) is 8. The summed E-state index contributed by atoms with van der Waals surface area (Å²) in [4.78, 5) is 71.3. The molecule has 194 valence electrons. The Hall–Kier alpha value is -2.87. The van der Waals surface area contributed by atoms with Gasteiger partial charge in [0.15, 0.2) is 0 Å². The number of amides is 4. The zero-order valence-corrected chi connectivity index (χ0v) is 20.4. The molecule has 0 saturated heterocycles. The highest BCUT2D eigenvalue weighted by molar-refractivity contribution is 7.98. The first kappa shape index (κ1) is 31.1. The van der Waals surface area contributed by atoms with Crippen LogP contribution >= 0.6 is 11.8 Å². The highest BCUT2D eigenvalue weighted by atomic mass is 32.2. The van der Waals surface area contributed by atoms with Crippen LogP contribution in [0.25, 0.3) is 0 Å². The fraction of sp³-hybridized carbons (Fsp3) is 0.700. The van der Waals surface area contributed by atoms with Gasteiger partial charge in [-0.3, -0.25) is 24.0 Å². The van der Waals surface area contributed by atoms with E-state index in [2.05, 4.69) is 16.0 Å². The summed E-state index contributed by atoms with van der Waals surface area (Å²) in [6.45, 7) is 3.19. The number of thioether (sulfide) groups is 1. The van der Waals surface area contributed by atoms with E-state index in [9.17, 15) is 33.9 Å². The van der Waals surface area contributed by atoms with Crippen molar-refractivity contribution >= 4 is 47.3 Å². The normalized spacial score (nSPS) is 14.4. The number of nitrogens with two attached hydrogens (primary N) is 2. The molecule has 4 amide bonds. The van der Waals surface area contributed by atoms with Crippen molar-refractivity contribution in [2.24, 2.45) is 17.4 Å². The van der Waals surface area contributed by atoms with E-state index < -0.39 is 65.7 Å². The molecule has 0 saturated carbocycles. The molecule has 14 heteroatoms. The number of carboxylic acid groups (broad SMARTS) is 2. The van der Waals surface area contributed by atoms with Gasteiger partial charge in [-0.15, -0.1) is 0 Å². The molecule has 34 heavy (non-hydrogen) atoms. The molecule has 0 bridgehead atoms. The molecule has 4 unspecified atom stereocenters. The quantitative estimate of drug-likeness (QED) is 0.119. The molecular weight excluding hydrogens is 470 g/mol. The average Bonchev–Trinajstić information content (AvgIpc) is 2.74. The largest absolute Gasteiger partial charge is 0.481 e. The lowest BCUT2D eigenvalue weighted by Gasteiger charge is -2.26. The lowest BCUT2D eigenvalue weighted by Crippen LogP contribution is -2.57. The maximum absolute atomic E-state index is 12.9. The minimum absolute atomic E-state index is 0.131. The molecule has 0 aromatic rings. The fourth-order valence-electron chi connectivity index (χ4n) is 2.79. The molecule has 0 aromatic carbocycles. The van der Waals surface area contributed by atoms with Crippen molar-refractivity contribution in [3.63, 3.8) is 0 Å². The number of carbonyl (C=O) groups excluding carboxylic acids is 4. The molecule has 0 aromatic heterocycles. The van der Waals surface area contributed by atoms with Gasteiger partial charge in [-0.1, -0.05) is 13.8 Å². The molecule has 13 nitrogen and oxygen atoms in total. The molecule has 0 aliphatic heterocycles. The van der Waals surface area contributed by atoms with Crippen LogP contribution in [0.15, 0.2) is 0 Å². The van der Waals surface area contributed by atoms with Crippen LogP contribution in [0.2, 0.25) is 0 Å². The molecule has 0 fully saturated rings. The SMILES string of the molecule is CSCCC(NC(=O)C(N)CCC(=O)O)C(=O)NC(CCC(N)=O)C(=O)NC(C(=O)O)C(C)C. The van der Waals surface area contributed by atoms with Gasteiger partial charge in [0, 0.05) is 12.8 Å². The Kier molecular flexibility index (Phi) is 14.5. The maximum Gasteiger partial charge on any atom is 0.326 e. The highest BCUT2D eigenvalue weighted by Crippen LogP contribution is 2.07. The predicted octanol–water partition coefficient (Wildman–Crippen LogP) is -1.61. The van der Waals surface area contributed by atoms with Crippen LogP contribution in [0, 0.1) is 5.92 Å². The van der Waals surface area contributed by atoms with E-state index in [0.29, 0.717) is 5.75 Å². The minimum Gasteiger partial charge on any atom is -0.481 e. The number of aliphatic carboxylic acids is 2. The van der Waals surface area contributed by atoms with E-state index in [4.69, 9.17) is 16.6 Å².